The normalized spacial score (nSPS) is 10.1. The Bertz CT molecular complexity index is 853. The number of H-pyrrole nitrogens is 1. The first kappa shape index (κ1) is 20.1. The summed E-state index contributed by atoms with van der Waals surface area (Å²) >= 11 is 11.7. The topological polar surface area (TPSA) is 67.0 Å². The molecule has 0 bridgehead atoms. The van der Waals surface area contributed by atoms with Crippen molar-refractivity contribution in [3.05, 3.63) is 81.9 Å². The number of hydrogen-bond acceptors (Lipinski definition) is 3. The molecule has 0 radical (unpaired) electrons. The Hall–Kier alpha value is -2.21. The van der Waals surface area contributed by atoms with Crippen LogP contribution in [0.3, 0.4) is 0 Å². The lowest BCUT2D eigenvalue weighted by Crippen LogP contribution is -2.13. The standard InChI is InChI=1S/C18H15Cl2N3O2.ClH/c19-16-6-5-14(8-17(16)20)23-18(24)25-10-13-3-1-12(2-4-13)7-15-9-21-11-22-15;/h1-6,8-9,11H,7,10H2,(H,21,22)(H,23,24);1H. The first-order valence-electron chi connectivity index (χ1n) is 7.54. The average Bonchev–Trinajstić information content (AvgIpc) is 3.11. The zero-order chi connectivity index (χ0) is 17.6. The number of benzene rings is 2. The Balaban J connectivity index is 0.00000243. The summed E-state index contributed by atoms with van der Waals surface area (Å²) in [6.45, 7) is 0.178. The number of halogens is 3. The molecule has 0 unspecified atom stereocenters. The molecular formula is C18H16Cl3N3O2. The Kier molecular flexibility index (Phi) is 7.33. The van der Waals surface area contributed by atoms with Gasteiger partial charge in [0.2, 0.25) is 0 Å². The van der Waals surface area contributed by atoms with Crippen molar-refractivity contribution in [2.75, 3.05) is 5.32 Å². The van der Waals surface area contributed by atoms with Gasteiger partial charge in [0, 0.05) is 24.0 Å². The monoisotopic (exact) mass is 411 g/mol. The van der Waals surface area contributed by atoms with E-state index in [9.17, 15) is 4.79 Å². The molecule has 0 saturated heterocycles. The number of amides is 1. The number of aromatic amines is 1. The fraction of sp³-hybridized carbons (Fsp3) is 0.111. The average molecular weight is 413 g/mol. The first-order valence-corrected chi connectivity index (χ1v) is 8.29. The SMILES string of the molecule is Cl.O=C(Nc1ccc(Cl)c(Cl)c1)OCc1ccc(Cc2cnc[nH]2)cc1. The first-order chi connectivity index (χ1) is 12.1. The minimum absolute atomic E-state index is 0. The summed E-state index contributed by atoms with van der Waals surface area (Å²) in [7, 11) is 0. The number of rotatable bonds is 5. The molecular weight excluding hydrogens is 397 g/mol. The van der Waals surface area contributed by atoms with Crippen molar-refractivity contribution in [3.63, 3.8) is 0 Å². The molecule has 2 aromatic carbocycles. The van der Waals surface area contributed by atoms with Gasteiger partial charge in [0.1, 0.15) is 6.61 Å². The van der Waals surface area contributed by atoms with Gasteiger partial charge in [0.05, 0.1) is 16.4 Å². The van der Waals surface area contributed by atoms with Crippen LogP contribution in [0.2, 0.25) is 10.0 Å². The molecule has 0 spiro atoms. The Labute approximate surface area is 167 Å². The summed E-state index contributed by atoms with van der Waals surface area (Å²) in [6, 6.07) is 12.7. The summed E-state index contributed by atoms with van der Waals surface area (Å²) in [5.74, 6) is 0. The maximum atomic E-state index is 11.8. The Morgan fingerprint density at radius 2 is 1.81 bits per heavy atom. The number of anilines is 1. The van der Waals surface area contributed by atoms with Crippen molar-refractivity contribution >= 4 is 47.4 Å². The number of ether oxygens (including phenoxy) is 1. The fourth-order valence-electron chi connectivity index (χ4n) is 2.23. The van der Waals surface area contributed by atoms with Crippen LogP contribution in [0.1, 0.15) is 16.8 Å². The smallest absolute Gasteiger partial charge is 0.411 e. The molecule has 0 aliphatic carbocycles. The maximum absolute atomic E-state index is 11.8. The van der Waals surface area contributed by atoms with Crippen LogP contribution in [0.25, 0.3) is 0 Å². The van der Waals surface area contributed by atoms with E-state index in [1.807, 2.05) is 24.3 Å². The third-order valence-corrected chi connectivity index (χ3v) is 4.25. The predicted molar refractivity (Wildman–Crippen MR) is 105 cm³/mol. The molecule has 3 rings (SSSR count). The number of nitrogens with zero attached hydrogens (tertiary/aromatic N) is 1. The summed E-state index contributed by atoms with van der Waals surface area (Å²) in [5.41, 5.74) is 3.62. The Morgan fingerprint density at radius 1 is 1.08 bits per heavy atom. The molecule has 26 heavy (non-hydrogen) atoms. The fourth-order valence-corrected chi connectivity index (χ4v) is 2.53. The van der Waals surface area contributed by atoms with Crippen LogP contribution in [0, 0.1) is 0 Å². The largest absolute Gasteiger partial charge is 0.444 e. The van der Waals surface area contributed by atoms with E-state index in [-0.39, 0.29) is 19.0 Å². The van der Waals surface area contributed by atoms with Gasteiger partial charge in [-0.3, -0.25) is 5.32 Å². The third-order valence-electron chi connectivity index (χ3n) is 3.51. The predicted octanol–water partition coefficient (Wildman–Crippen LogP) is 5.48. The summed E-state index contributed by atoms with van der Waals surface area (Å²) in [4.78, 5) is 18.9. The second-order valence-corrected chi connectivity index (χ2v) is 6.21. The van der Waals surface area contributed by atoms with Crippen molar-refractivity contribution in [1.29, 1.82) is 0 Å². The van der Waals surface area contributed by atoms with Crippen LogP contribution in [0.5, 0.6) is 0 Å². The summed E-state index contributed by atoms with van der Waals surface area (Å²) in [6.07, 6.45) is 3.67. The molecule has 8 heteroatoms. The van der Waals surface area contributed by atoms with Gasteiger partial charge in [0.15, 0.2) is 0 Å². The summed E-state index contributed by atoms with van der Waals surface area (Å²) in [5, 5.41) is 3.40. The number of nitrogens with one attached hydrogen (secondary N) is 2. The van der Waals surface area contributed by atoms with Crippen molar-refractivity contribution in [1.82, 2.24) is 9.97 Å². The van der Waals surface area contributed by atoms with E-state index in [1.165, 1.54) is 0 Å². The molecule has 0 fully saturated rings. The molecule has 0 saturated carbocycles. The van der Waals surface area contributed by atoms with Gasteiger partial charge in [-0.2, -0.15) is 0 Å². The molecule has 0 aliphatic heterocycles. The molecule has 0 atom stereocenters. The quantitative estimate of drug-likeness (QED) is 0.583. The third kappa shape index (κ3) is 5.66. The number of carbonyl (C=O) groups is 1. The van der Waals surface area contributed by atoms with Gasteiger partial charge in [-0.25, -0.2) is 9.78 Å². The van der Waals surface area contributed by atoms with E-state index in [4.69, 9.17) is 27.9 Å². The molecule has 1 aromatic heterocycles. The van der Waals surface area contributed by atoms with Gasteiger partial charge in [-0.05, 0) is 29.3 Å². The highest BCUT2D eigenvalue weighted by molar-refractivity contribution is 6.42. The minimum Gasteiger partial charge on any atom is -0.444 e. The highest BCUT2D eigenvalue weighted by atomic mass is 35.5. The van der Waals surface area contributed by atoms with E-state index in [2.05, 4.69) is 15.3 Å². The van der Waals surface area contributed by atoms with Crippen LogP contribution >= 0.6 is 35.6 Å². The number of imidazole rings is 1. The van der Waals surface area contributed by atoms with Crippen molar-refractivity contribution in [2.24, 2.45) is 0 Å². The van der Waals surface area contributed by atoms with Crippen LogP contribution < -0.4 is 5.32 Å². The number of hydrogen-bond donors (Lipinski definition) is 2. The lowest BCUT2D eigenvalue weighted by Gasteiger charge is -2.08. The van der Waals surface area contributed by atoms with E-state index < -0.39 is 6.09 Å². The maximum Gasteiger partial charge on any atom is 0.411 e. The zero-order valence-corrected chi connectivity index (χ0v) is 15.9. The van der Waals surface area contributed by atoms with Crippen molar-refractivity contribution in [2.45, 2.75) is 13.0 Å². The lowest BCUT2D eigenvalue weighted by atomic mass is 10.1. The van der Waals surface area contributed by atoms with Gasteiger partial charge >= 0.3 is 6.09 Å². The zero-order valence-electron chi connectivity index (χ0n) is 13.5. The number of carbonyl (C=O) groups excluding carboxylic acids is 1. The minimum atomic E-state index is -0.556. The van der Waals surface area contributed by atoms with Crippen molar-refractivity contribution < 1.29 is 9.53 Å². The van der Waals surface area contributed by atoms with Crippen LogP contribution in [-0.4, -0.2) is 16.1 Å². The molecule has 2 N–H and O–H groups in total. The van der Waals surface area contributed by atoms with Gasteiger partial charge in [0.25, 0.3) is 0 Å². The van der Waals surface area contributed by atoms with E-state index in [0.29, 0.717) is 15.7 Å². The van der Waals surface area contributed by atoms with Gasteiger partial charge in [-0.15, -0.1) is 12.4 Å². The highest BCUT2D eigenvalue weighted by Crippen LogP contribution is 2.25. The molecule has 1 amide bonds. The second-order valence-electron chi connectivity index (χ2n) is 5.40. The molecule has 136 valence electrons. The summed E-state index contributed by atoms with van der Waals surface area (Å²) < 4.78 is 5.21. The van der Waals surface area contributed by atoms with E-state index in [1.54, 1.807) is 30.7 Å². The van der Waals surface area contributed by atoms with Gasteiger partial charge < -0.3 is 9.72 Å². The lowest BCUT2D eigenvalue weighted by molar-refractivity contribution is 0.155. The molecule has 0 aliphatic rings. The molecule has 1 heterocycles. The Morgan fingerprint density at radius 3 is 2.46 bits per heavy atom. The molecule has 5 nitrogen and oxygen atoms in total. The van der Waals surface area contributed by atoms with Crippen LogP contribution in [-0.2, 0) is 17.8 Å². The van der Waals surface area contributed by atoms with Crippen molar-refractivity contribution in [3.8, 4) is 0 Å². The highest BCUT2D eigenvalue weighted by Gasteiger charge is 2.06. The van der Waals surface area contributed by atoms with Gasteiger partial charge in [-0.1, -0.05) is 47.5 Å². The van der Waals surface area contributed by atoms with Crippen LogP contribution in [0.15, 0.2) is 55.0 Å². The molecule has 3 aromatic rings. The van der Waals surface area contributed by atoms with E-state index in [0.717, 1.165) is 23.2 Å². The second kappa shape index (κ2) is 9.48. The number of aromatic nitrogens is 2. The van der Waals surface area contributed by atoms with Crippen LogP contribution in [0.4, 0.5) is 10.5 Å². The van der Waals surface area contributed by atoms with E-state index >= 15 is 0 Å².